The van der Waals surface area contributed by atoms with Crippen molar-refractivity contribution >= 4 is 0 Å². The van der Waals surface area contributed by atoms with Gasteiger partial charge in [-0.1, -0.05) is 12.7 Å². The van der Waals surface area contributed by atoms with Crippen LogP contribution >= 0.6 is 0 Å². The highest BCUT2D eigenvalue weighted by molar-refractivity contribution is 5.13. The minimum Gasteiger partial charge on any atom is -0.487 e. The van der Waals surface area contributed by atoms with Crippen molar-refractivity contribution in [2.75, 3.05) is 13.1 Å². The number of alkyl halides is 2. The molecule has 0 amide bonds. The van der Waals surface area contributed by atoms with Crippen molar-refractivity contribution in [3.8, 4) is 6.07 Å². The second-order valence-electron chi connectivity index (χ2n) is 3.99. The molecule has 2 atom stereocenters. The third-order valence-corrected chi connectivity index (χ3v) is 2.60. The van der Waals surface area contributed by atoms with E-state index in [1.54, 1.807) is 6.92 Å². The molecule has 0 aromatic rings. The molecule has 94 valence electrons. The fraction of sp³-hybridized carbons (Fsp3) is 0.583. The molecular formula is C12H16F2N2O. The molecule has 0 radical (unpaired) electrons. The molecular weight excluding hydrogens is 226 g/mol. The lowest BCUT2D eigenvalue weighted by atomic mass is 10.0. The molecule has 0 aromatic heterocycles. The van der Waals surface area contributed by atoms with Crippen molar-refractivity contribution in [1.82, 2.24) is 5.32 Å². The van der Waals surface area contributed by atoms with E-state index in [0.29, 0.717) is 6.54 Å². The van der Waals surface area contributed by atoms with Crippen LogP contribution in [0.15, 0.2) is 24.5 Å². The van der Waals surface area contributed by atoms with E-state index >= 15 is 0 Å². The number of hydrogen-bond donors (Lipinski definition) is 1. The minimum absolute atomic E-state index is 0.222. The third kappa shape index (κ3) is 3.53. The molecule has 1 saturated heterocycles. The maximum absolute atomic E-state index is 13.5. The summed E-state index contributed by atoms with van der Waals surface area (Å²) >= 11 is 0. The van der Waals surface area contributed by atoms with Gasteiger partial charge in [0.1, 0.15) is 11.7 Å². The minimum atomic E-state index is -2.91. The van der Waals surface area contributed by atoms with Gasteiger partial charge in [-0.05, 0) is 19.5 Å². The Labute approximate surface area is 99.8 Å². The molecule has 1 rings (SSSR count). The number of nitrogens with one attached hydrogen (secondary N) is 1. The van der Waals surface area contributed by atoms with Crippen molar-refractivity contribution in [2.45, 2.75) is 25.4 Å². The summed E-state index contributed by atoms with van der Waals surface area (Å²) in [6.07, 6.45) is 1.94. The smallest absolute Gasteiger partial charge is 0.296 e. The van der Waals surface area contributed by atoms with E-state index in [0.717, 1.165) is 0 Å². The summed E-state index contributed by atoms with van der Waals surface area (Å²) in [6, 6.07) is 1.97. The molecule has 5 heteroatoms. The largest absolute Gasteiger partial charge is 0.487 e. The number of rotatable bonds is 4. The van der Waals surface area contributed by atoms with Crippen molar-refractivity contribution in [3.05, 3.63) is 24.5 Å². The molecule has 17 heavy (non-hydrogen) atoms. The molecule has 0 spiro atoms. The van der Waals surface area contributed by atoms with Crippen molar-refractivity contribution < 1.29 is 13.5 Å². The van der Waals surface area contributed by atoms with E-state index in [-0.39, 0.29) is 18.7 Å². The second kappa shape index (κ2) is 5.78. The SMILES string of the molecule is C=C/C=C(/OC1CCNCC1(F)F)C(C)C#N. The summed E-state index contributed by atoms with van der Waals surface area (Å²) in [5.74, 6) is -3.22. The Balaban J connectivity index is 2.76. The van der Waals surface area contributed by atoms with Crippen LogP contribution in [-0.2, 0) is 4.74 Å². The summed E-state index contributed by atoms with van der Waals surface area (Å²) in [4.78, 5) is 0. The zero-order valence-electron chi connectivity index (χ0n) is 9.75. The molecule has 0 aromatic carbocycles. The summed E-state index contributed by atoms with van der Waals surface area (Å²) in [5.41, 5.74) is 0. The number of piperidine rings is 1. The number of halogens is 2. The molecule has 0 bridgehead atoms. The van der Waals surface area contributed by atoms with Gasteiger partial charge in [-0.15, -0.1) is 0 Å². The molecule has 1 aliphatic heterocycles. The van der Waals surface area contributed by atoms with Gasteiger partial charge in [-0.3, -0.25) is 0 Å². The molecule has 1 fully saturated rings. The predicted molar refractivity (Wildman–Crippen MR) is 60.4 cm³/mol. The number of allylic oxidation sites excluding steroid dienone is 3. The molecule has 2 unspecified atom stereocenters. The van der Waals surface area contributed by atoms with Gasteiger partial charge in [0.15, 0.2) is 6.10 Å². The lowest BCUT2D eigenvalue weighted by molar-refractivity contribution is -0.133. The Morgan fingerprint density at radius 1 is 1.71 bits per heavy atom. The monoisotopic (exact) mass is 242 g/mol. The van der Waals surface area contributed by atoms with Gasteiger partial charge < -0.3 is 10.1 Å². The van der Waals surface area contributed by atoms with Gasteiger partial charge in [-0.25, -0.2) is 8.78 Å². The molecule has 0 saturated carbocycles. The van der Waals surface area contributed by atoms with Gasteiger partial charge in [0, 0.05) is 6.42 Å². The Hall–Kier alpha value is -1.41. The Kier molecular flexibility index (Phi) is 4.64. The van der Waals surface area contributed by atoms with Crippen LogP contribution in [-0.4, -0.2) is 25.1 Å². The van der Waals surface area contributed by atoms with E-state index in [2.05, 4.69) is 11.9 Å². The van der Waals surface area contributed by atoms with Gasteiger partial charge in [0.2, 0.25) is 0 Å². The Bertz CT molecular complexity index is 347. The van der Waals surface area contributed by atoms with Gasteiger partial charge in [0.05, 0.1) is 12.6 Å². The van der Waals surface area contributed by atoms with E-state index in [4.69, 9.17) is 10.00 Å². The average molecular weight is 242 g/mol. The van der Waals surface area contributed by atoms with Crippen LogP contribution in [0.25, 0.3) is 0 Å². The van der Waals surface area contributed by atoms with E-state index in [1.807, 2.05) is 6.07 Å². The highest BCUT2D eigenvalue weighted by atomic mass is 19.3. The van der Waals surface area contributed by atoms with E-state index in [9.17, 15) is 8.78 Å². The van der Waals surface area contributed by atoms with Crippen LogP contribution in [0.5, 0.6) is 0 Å². The fourth-order valence-corrected chi connectivity index (χ4v) is 1.59. The number of nitriles is 1. The number of nitrogens with zero attached hydrogens (tertiary/aromatic N) is 1. The van der Waals surface area contributed by atoms with Crippen LogP contribution in [0.3, 0.4) is 0 Å². The Morgan fingerprint density at radius 3 is 2.94 bits per heavy atom. The van der Waals surface area contributed by atoms with Crippen LogP contribution in [0.4, 0.5) is 8.78 Å². The molecule has 0 aliphatic carbocycles. The van der Waals surface area contributed by atoms with Crippen molar-refractivity contribution in [1.29, 1.82) is 5.26 Å². The number of ether oxygens (including phenoxy) is 1. The highest BCUT2D eigenvalue weighted by Crippen LogP contribution is 2.29. The quantitative estimate of drug-likeness (QED) is 0.607. The summed E-state index contributed by atoms with van der Waals surface area (Å²) in [6.45, 7) is 5.19. The van der Waals surface area contributed by atoms with Gasteiger partial charge in [0.25, 0.3) is 5.92 Å². The Morgan fingerprint density at radius 2 is 2.41 bits per heavy atom. The average Bonchev–Trinajstić information content (AvgIpc) is 2.29. The van der Waals surface area contributed by atoms with Crippen LogP contribution in [0.2, 0.25) is 0 Å². The van der Waals surface area contributed by atoms with Crippen LogP contribution in [0.1, 0.15) is 13.3 Å². The van der Waals surface area contributed by atoms with E-state index in [1.165, 1.54) is 12.2 Å². The van der Waals surface area contributed by atoms with Crippen LogP contribution < -0.4 is 5.32 Å². The van der Waals surface area contributed by atoms with Crippen molar-refractivity contribution in [3.63, 3.8) is 0 Å². The molecule has 1 aliphatic rings. The third-order valence-electron chi connectivity index (χ3n) is 2.60. The lowest BCUT2D eigenvalue weighted by Gasteiger charge is -2.33. The molecule has 3 nitrogen and oxygen atoms in total. The number of hydrogen-bond acceptors (Lipinski definition) is 3. The second-order valence-corrected chi connectivity index (χ2v) is 3.99. The maximum Gasteiger partial charge on any atom is 0.296 e. The first-order chi connectivity index (χ1) is 8.01. The summed E-state index contributed by atoms with van der Waals surface area (Å²) in [5, 5.41) is 11.4. The summed E-state index contributed by atoms with van der Waals surface area (Å²) in [7, 11) is 0. The molecule has 1 N–H and O–H groups in total. The van der Waals surface area contributed by atoms with E-state index < -0.39 is 17.9 Å². The zero-order valence-corrected chi connectivity index (χ0v) is 9.75. The van der Waals surface area contributed by atoms with Gasteiger partial charge >= 0.3 is 0 Å². The van der Waals surface area contributed by atoms with Crippen LogP contribution in [0, 0.1) is 17.2 Å². The fourth-order valence-electron chi connectivity index (χ4n) is 1.59. The maximum atomic E-state index is 13.5. The first kappa shape index (κ1) is 13.7. The summed E-state index contributed by atoms with van der Waals surface area (Å²) < 4.78 is 32.3. The van der Waals surface area contributed by atoms with Crippen molar-refractivity contribution in [2.24, 2.45) is 5.92 Å². The first-order valence-electron chi connectivity index (χ1n) is 5.48. The standard InChI is InChI=1S/C12H16F2N2O/c1-3-4-10(9(2)7-15)17-11-5-6-16-8-12(11,13)14/h3-4,9,11,16H,1,5-6,8H2,2H3/b10-4+. The normalized spacial score (nSPS) is 25.8. The van der Waals surface area contributed by atoms with Gasteiger partial charge in [-0.2, -0.15) is 5.26 Å². The predicted octanol–water partition coefficient (Wildman–Crippen LogP) is 2.23. The first-order valence-corrected chi connectivity index (χ1v) is 5.48. The molecule has 1 heterocycles. The lowest BCUT2D eigenvalue weighted by Crippen LogP contribution is -2.50. The highest BCUT2D eigenvalue weighted by Gasteiger charge is 2.43. The zero-order chi connectivity index (χ0) is 12.9. The topological polar surface area (TPSA) is 45.0 Å².